The van der Waals surface area contributed by atoms with E-state index in [2.05, 4.69) is 4.98 Å². The van der Waals surface area contributed by atoms with Gasteiger partial charge in [0.15, 0.2) is 0 Å². The van der Waals surface area contributed by atoms with Crippen LogP contribution in [0.25, 0.3) is 5.65 Å². The van der Waals surface area contributed by atoms with Crippen LogP contribution in [0.4, 0.5) is 0 Å². The third-order valence-corrected chi connectivity index (χ3v) is 5.63. The van der Waals surface area contributed by atoms with Crippen molar-refractivity contribution < 1.29 is 9.53 Å². The number of fused-ring (bicyclic) bond motifs is 3. The topological polar surface area (TPSA) is 60.7 Å². The molecule has 0 spiro atoms. The molecule has 5 nitrogen and oxygen atoms in total. The van der Waals surface area contributed by atoms with Crippen LogP contribution >= 0.6 is 0 Å². The van der Waals surface area contributed by atoms with E-state index in [1.165, 1.54) is 31.7 Å². The van der Waals surface area contributed by atoms with E-state index in [1.807, 2.05) is 19.1 Å². The predicted molar refractivity (Wildman–Crippen MR) is 89.6 cm³/mol. The number of pyridine rings is 1. The summed E-state index contributed by atoms with van der Waals surface area (Å²) < 4.78 is 6.94. The molecule has 0 N–H and O–H groups in total. The van der Waals surface area contributed by atoms with Crippen LogP contribution in [-0.2, 0) is 16.1 Å². The molecule has 0 saturated heterocycles. The van der Waals surface area contributed by atoms with Gasteiger partial charge in [0, 0.05) is 18.2 Å². The quantitative estimate of drug-likeness (QED) is 0.811. The second-order valence-electron chi connectivity index (χ2n) is 7.25. The monoisotopic (exact) mass is 326 g/mol. The van der Waals surface area contributed by atoms with E-state index in [4.69, 9.17) is 4.74 Å². The van der Waals surface area contributed by atoms with Crippen LogP contribution in [0.2, 0.25) is 0 Å². The molecule has 2 bridgehead atoms. The SMILES string of the molecule is Cc1cccc2nc(COC(=O)CC3CC4CCC3C4)cc(=O)n12. The van der Waals surface area contributed by atoms with E-state index in [0.29, 0.717) is 29.6 Å². The van der Waals surface area contributed by atoms with Crippen molar-refractivity contribution in [1.82, 2.24) is 9.38 Å². The molecule has 3 unspecified atom stereocenters. The number of ether oxygens (including phenoxy) is 1. The summed E-state index contributed by atoms with van der Waals surface area (Å²) in [6, 6.07) is 6.97. The van der Waals surface area contributed by atoms with Gasteiger partial charge in [-0.05, 0) is 56.1 Å². The van der Waals surface area contributed by atoms with Crippen LogP contribution in [0, 0.1) is 24.7 Å². The van der Waals surface area contributed by atoms with Crippen molar-refractivity contribution in [2.24, 2.45) is 17.8 Å². The van der Waals surface area contributed by atoms with Gasteiger partial charge in [-0.1, -0.05) is 12.5 Å². The van der Waals surface area contributed by atoms with E-state index in [9.17, 15) is 9.59 Å². The summed E-state index contributed by atoms with van der Waals surface area (Å²) in [5.41, 5.74) is 1.79. The van der Waals surface area contributed by atoms with Gasteiger partial charge >= 0.3 is 5.97 Å². The lowest BCUT2D eigenvalue weighted by molar-refractivity contribution is -0.146. The van der Waals surface area contributed by atoms with Crippen molar-refractivity contribution in [3.05, 3.63) is 46.0 Å². The van der Waals surface area contributed by atoms with Crippen LogP contribution < -0.4 is 5.56 Å². The number of hydrogen-bond acceptors (Lipinski definition) is 4. The number of rotatable bonds is 4. The van der Waals surface area contributed by atoms with E-state index >= 15 is 0 Å². The fraction of sp³-hybridized carbons (Fsp3) is 0.526. The van der Waals surface area contributed by atoms with Gasteiger partial charge in [0.2, 0.25) is 0 Å². The van der Waals surface area contributed by atoms with Gasteiger partial charge in [0.05, 0.1) is 5.69 Å². The standard InChI is InChI=1S/C19H22N2O3/c1-12-3-2-4-17-20-16(10-18(22)21(12)17)11-24-19(23)9-15-8-13-5-6-14(15)7-13/h2-4,10,13-15H,5-9,11H2,1H3. The van der Waals surface area contributed by atoms with E-state index in [1.54, 1.807) is 10.5 Å². The van der Waals surface area contributed by atoms with Gasteiger partial charge in [0.25, 0.3) is 5.56 Å². The molecule has 2 aromatic heterocycles. The lowest BCUT2D eigenvalue weighted by Gasteiger charge is -2.20. The van der Waals surface area contributed by atoms with Crippen LogP contribution in [0.1, 0.15) is 43.5 Å². The first-order valence-corrected chi connectivity index (χ1v) is 8.74. The van der Waals surface area contributed by atoms with Gasteiger partial charge in [-0.3, -0.25) is 14.0 Å². The molecule has 0 aliphatic heterocycles. The van der Waals surface area contributed by atoms with E-state index in [-0.39, 0.29) is 18.1 Å². The fourth-order valence-electron chi connectivity index (χ4n) is 4.49. The van der Waals surface area contributed by atoms with Crippen molar-refractivity contribution in [2.75, 3.05) is 0 Å². The third-order valence-electron chi connectivity index (χ3n) is 5.63. The number of aromatic nitrogens is 2. The molecule has 2 aliphatic carbocycles. The minimum atomic E-state index is -0.168. The van der Waals surface area contributed by atoms with Gasteiger partial charge in [0.1, 0.15) is 12.3 Å². The summed E-state index contributed by atoms with van der Waals surface area (Å²) in [5.74, 6) is 1.88. The highest BCUT2D eigenvalue weighted by atomic mass is 16.5. The summed E-state index contributed by atoms with van der Waals surface area (Å²) in [6.07, 6.45) is 5.58. The molecule has 0 radical (unpaired) electrons. The number of aryl methyl sites for hydroxylation is 1. The van der Waals surface area contributed by atoms with Gasteiger partial charge in [-0.2, -0.15) is 0 Å². The molecule has 2 saturated carbocycles. The molecule has 3 atom stereocenters. The first-order valence-electron chi connectivity index (χ1n) is 8.74. The van der Waals surface area contributed by atoms with Crippen molar-refractivity contribution in [2.45, 2.75) is 45.6 Å². The second kappa shape index (κ2) is 6.04. The minimum Gasteiger partial charge on any atom is -0.459 e. The Morgan fingerprint density at radius 3 is 2.96 bits per heavy atom. The van der Waals surface area contributed by atoms with E-state index < -0.39 is 0 Å². The Bertz CT molecular complexity index is 842. The first kappa shape index (κ1) is 15.4. The van der Waals surface area contributed by atoms with Crippen molar-refractivity contribution >= 4 is 11.6 Å². The number of carbonyl (C=O) groups is 1. The van der Waals surface area contributed by atoms with Gasteiger partial charge < -0.3 is 4.74 Å². The Hall–Kier alpha value is -2.17. The minimum absolute atomic E-state index is 0.0688. The number of esters is 1. The average Bonchev–Trinajstić information content (AvgIpc) is 3.15. The summed E-state index contributed by atoms with van der Waals surface area (Å²) in [6.45, 7) is 1.93. The third kappa shape index (κ3) is 2.83. The van der Waals surface area contributed by atoms with Crippen LogP contribution in [-0.4, -0.2) is 15.4 Å². The zero-order valence-electron chi connectivity index (χ0n) is 13.9. The lowest BCUT2D eigenvalue weighted by atomic mass is 9.86. The van der Waals surface area contributed by atoms with E-state index in [0.717, 1.165) is 11.6 Å². The Labute approximate surface area is 140 Å². The number of hydrogen-bond donors (Lipinski definition) is 0. The molecule has 2 aromatic rings. The molecule has 5 heteroatoms. The summed E-state index contributed by atoms with van der Waals surface area (Å²) in [4.78, 5) is 28.8. The highest BCUT2D eigenvalue weighted by Gasteiger charge is 2.40. The molecule has 24 heavy (non-hydrogen) atoms. The molecule has 126 valence electrons. The first-order chi connectivity index (χ1) is 11.6. The molecule has 2 fully saturated rings. The Morgan fingerprint density at radius 2 is 2.21 bits per heavy atom. The number of carbonyl (C=O) groups excluding carboxylic acids is 1. The Balaban J connectivity index is 1.41. The highest BCUT2D eigenvalue weighted by Crippen LogP contribution is 2.49. The number of nitrogens with zero attached hydrogens (tertiary/aromatic N) is 2. The Morgan fingerprint density at radius 1 is 1.33 bits per heavy atom. The largest absolute Gasteiger partial charge is 0.459 e. The molecular weight excluding hydrogens is 304 g/mol. The lowest BCUT2D eigenvalue weighted by Crippen LogP contribution is -2.19. The van der Waals surface area contributed by atoms with Gasteiger partial charge in [-0.25, -0.2) is 4.98 Å². The average molecular weight is 326 g/mol. The molecule has 4 rings (SSSR count). The predicted octanol–water partition coefficient (Wildman–Crippen LogP) is 2.87. The molecule has 2 aliphatic rings. The van der Waals surface area contributed by atoms with Crippen molar-refractivity contribution in [3.63, 3.8) is 0 Å². The summed E-state index contributed by atoms with van der Waals surface area (Å²) in [7, 11) is 0. The molecule has 0 aromatic carbocycles. The van der Waals surface area contributed by atoms with Crippen LogP contribution in [0.3, 0.4) is 0 Å². The fourth-order valence-corrected chi connectivity index (χ4v) is 4.49. The second-order valence-corrected chi connectivity index (χ2v) is 7.25. The zero-order chi connectivity index (χ0) is 16.7. The molecular formula is C19H22N2O3. The smallest absolute Gasteiger partial charge is 0.306 e. The highest BCUT2D eigenvalue weighted by molar-refractivity contribution is 5.69. The normalized spacial score (nSPS) is 25.3. The maximum atomic E-state index is 12.2. The van der Waals surface area contributed by atoms with Crippen molar-refractivity contribution in [3.8, 4) is 0 Å². The molecule has 0 amide bonds. The van der Waals surface area contributed by atoms with Gasteiger partial charge in [-0.15, -0.1) is 0 Å². The summed E-state index contributed by atoms with van der Waals surface area (Å²) in [5, 5.41) is 0. The van der Waals surface area contributed by atoms with Crippen molar-refractivity contribution in [1.29, 1.82) is 0 Å². The summed E-state index contributed by atoms with van der Waals surface area (Å²) >= 11 is 0. The van der Waals surface area contributed by atoms with Crippen LogP contribution in [0.5, 0.6) is 0 Å². The maximum Gasteiger partial charge on any atom is 0.306 e. The molecule has 2 heterocycles. The van der Waals surface area contributed by atoms with Crippen LogP contribution in [0.15, 0.2) is 29.1 Å². The Kier molecular flexibility index (Phi) is 3.87. The maximum absolute atomic E-state index is 12.2. The zero-order valence-corrected chi connectivity index (χ0v) is 13.9.